The summed E-state index contributed by atoms with van der Waals surface area (Å²) >= 11 is 0. The minimum Gasteiger partial charge on any atom is -0.474 e. The quantitative estimate of drug-likeness (QED) is 0.517. The van der Waals surface area contributed by atoms with Crippen molar-refractivity contribution in [1.82, 2.24) is 15.0 Å². The molecule has 5 rings (SSSR count). The van der Waals surface area contributed by atoms with Crippen LogP contribution in [0.2, 0.25) is 0 Å². The van der Waals surface area contributed by atoms with E-state index in [4.69, 9.17) is 10.5 Å². The number of aromatic nitrogens is 3. The van der Waals surface area contributed by atoms with E-state index in [0.717, 1.165) is 21.7 Å². The molecule has 0 spiro atoms. The Labute approximate surface area is 189 Å². The summed E-state index contributed by atoms with van der Waals surface area (Å²) in [5, 5.41) is 14.3. The molecule has 0 aliphatic carbocycles. The highest BCUT2D eigenvalue weighted by atomic mass is 32.2. The molecule has 1 saturated heterocycles. The van der Waals surface area contributed by atoms with Gasteiger partial charge in [-0.3, -0.25) is 4.90 Å². The summed E-state index contributed by atoms with van der Waals surface area (Å²) in [7, 11) is -3.27. The number of fused-ring (bicyclic) bond motifs is 2. The zero-order chi connectivity index (χ0) is 23.3. The van der Waals surface area contributed by atoms with Gasteiger partial charge in [0, 0.05) is 29.9 Å². The van der Waals surface area contributed by atoms with E-state index < -0.39 is 22.0 Å². The van der Waals surface area contributed by atoms with Crippen LogP contribution in [0.5, 0.6) is 5.88 Å². The molecule has 0 radical (unpaired) electrons. The van der Waals surface area contributed by atoms with Crippen molar-refractivity contribution in [2.24, 2.45) is 0 Å². The third-order valence-electron chi connectivity index (χ3n) is 5.98. The number of ether oxygens (including phenoxy) is 1. The molecule has 172 valence electrons. The summed E-state index contributed by atoms with van der Waals surface area (Å²) in [6.45, 7) is 3.14. The number of carbonyl (C=O) groups is 1. The van der Waals surface area contributed by atoms with Crippen molar-refractivity contribution in [1.29, 1.82) is 0 Å². The molecule has 33 heavy (non-hydrogen) atoms. The van der Waals surface area contributed by atoms with Gasteiger partial charge in [-0.2, -0.15) is 0 Å². The Bertz CT molecular complexity index is 1390. The predicted octanol–water partition coefficient (Wildman–Crippen LogP) is 2.06. The van der Waals surface area contributed by atoms with Gasteiger partial charge < -0.3 is 20.9 Å². The van der Waals surface area contributed by atoms with Gasteiger partial charge in [0.05, 0.1) is 23.2 Å². The Balaban J connectivity index is 1.60. The summed E-state index contributed by atoms with van der Waals surface area (Å²) in [4.78, 5) is 26.2. The fraction of sp³-hybridized carbons (Fsp3) is 0.333. The maximum atomic E-state index is 12.0. The Morgan fingerprint density at radius 2 is 2.12 bits per heavy atom. The highest BCUT2D eigenvalue weighted by Crippen LogP contribution is 2.36. The van der Waals surface area contributed by atoms with Crippen molar-refractivity contribution in [2.75, 3.05) is 40.6 Å². The molecule has 1 atom stereocenters. The second kappa shape index (κ2) is 7.73. The van der Waals surface area contributed by atoms with Gasteiger partial charge in [0.25, 0.3) is 0 Å². The third-order valence-corrected chi connectivity index (χ3v) is 7.73. The number of pyridine rings is 3. The molecule has 1 unspecified atom stereocenters. The number of amides is 1. The van der Waals surface area contributed by atoms with E-state index in [1.54, 1.807) is 18.3 Å². The molecule has 0 bridgehead atoms. The Hall–Kier alpha value is -3.67. The maximum Gasteiger partial charge on any atom is 0.413 e. The van der Waals surface area contributed by atoms with E-state index in [1.165, 1.54) is 6.20 Å². The normalized spacial score (nSPS) is 18.9. The van der Waals surface area contributed by atoms with Gasteiger partial charge >= 0.3 is 6.09 Å². The molecule has 1 amide bonds. The zero-order valence-corrected chi connectivity index (χ0v) is 18.6. The zero-order valence-electron chi connectivity index (χ0n) is 17.8. The van der Waals surface area contributed by atoms with Crippen molar-refractivity contribution in [2.45, 2.75) is 19.4 Å². The van der Waals surface area contributed by atoms with Crippen LogP contribution in [0.3, 0.4) is 0 Å². The van der Waals surface area contributed by atoms with Crippen LogP contribution in [0.15, 0.2) is 24.5 Å². The van der Waals surface area contributed by atoms with Gasteiger partial charge in [-0.1, -0.05) is 0 Å². The molecule has 3 aromatic heterocycles. The lowest BCUT2D eigenvalue weighted by atomic mass is 10.0. The molecule has 1 fully saturated rings. The molecular weight excluding hydrogens is 448 g/mol. The number of carboxylic acid groups (broad SMARTS) is 1. The molecule has 3 aromatic rings. The smallest absolute Gasteiger partial charge is 0.413 e. The van der Waals surface area contributed by atoms with E-state index in [0.29, 0.717) is 35.5 Å². The monoisotopic (exact) mass is 470 g/mol. The van der Waals surface area contributed by atoms with E-state index in [2.05, 4.69) is 20.3 Å². The van der Waals surface area contributed by atoms with Crippen LogP contribution in [-0.2, 0) is 9.84 Å². The van der Waals surface area contributed by atoms with Gasteiger partial charge in [-0.05, 0) is 36.4 Å². The number of hydrogen-bond donors (Lipinski definition) is 3. The second-order valence-electron chi connectivity index (χ2n) is 8.12. The number of nitrogen functional groups attached to an aromatic ring is 1. The summed E-state index contributed by atoms with van der Waals surface area (Å²) in [6.07, 6.45) is 2.10. The first-order valence-corrected chi connectivity index (χ1v) is 12.2. The molecule has 5 heterocycles. The number of nitrogens with two attached hydrogens (primary N) is 1. The first kappa shape index (κ1) is 21.2. The number of anilines is 3. The number of rotatable bonds is 3. The van der Waals surface area contributed by atoms with Crippen molar-refractivity contribution < 1.29 is 23.1 Å². The van der Waals surface area contributed by atoms with Crippen molar-refractivity contribution in [3.8, 4) is 17.1 Å². The van der Waals surface area contributed by atoms with E-state index in [-0.39, 0.29) is 29.6 Å². The molecule has 12 heteroatoms. The minimum absolute atomic E-state index is 0.0433. The molecule has 4 N–H and O–H groups in total. The topological polar surface area (TPSA) is 161 Å². The van der Waals surface area contributed by atoms with Gasteiger partial charge in [0.1, 0.15) is 23.9 Å². The first-order chi connectivity index (χ1) is 15.7. The van der Waals surface area contributed by atoms with Gasteiger partial charge in [-0.15, -0.1) is 0 Å². The Morgan fingerprint density at radius 3 is 2.85 bits per heavy atom. The fourth-order valence-electron chi connectivity index (χ4n) is 4.33. The average molecular weight is 471 g/mol. The third kappa shape index (κ3) is 3.75. The summed E-state index contributed by atoms with van der Waals surface area (Å²) in [6, 6.07) is 2.70. The van der Waals surface area contributed by atoms with Crippen molar-refractivity contribution in [3.63, 3.8) is 0 Å². The predicted molar refractivity (Wildman–Crippen MR) is 123 cm³/mol. The van der Waals surface area contributed by atoms with Crippen LogP contribution in [-0.4, -0.2) is 65.3 Å². The molecule has 2 aliphatic heterocycles. The Kier molecular flexibility index (Phi) is 4.96. The first-order valence-electron chi connectivity index (χ1n) is 10.4. The SMILES string of the molecule is Cc1c(-c2cc3cc(N(C(=O)O)C4CCS(=O)(=O)C4)ncc3c(N)n2)cnc2c1NCCO2. The molecule has 0 aromatic carbocycles. The maximum absolute atomic E-state index is 12.0. The molecular formula is C21H22N6O5S. The van der Waals surface area contributed by atoms with Gasteiger partial charge in [-0.25, -0.2) is 28.2 Å². The van der Waals surface area contributed by atoms with Gasteiger partial charge in [0.15, 0.2) is 9.84 Å². The highest BCUT2D eigenvalue weighted by Gasteiger charge is 2.36. The summed E-state index contributed by atoms with van der Waals surface area (Å²) in [5.74, 6) is 0.652. The standard InChI is InChI=1S/C21H22N6O5S/c1-11-14(8-25-20-18(11)23-3-4-32-20)16-6-12-7-17(24-9-15(12)19(22)26-16)27(21(28)29)13-2-5-33(30,31)10-13/h6-9,13,23H,2-5,10H2,1H3,(H2,22,26)(H,28,29). The lowest BCUT2D eigenvalue weighted by Crippen LogP contribution is -2.40. The number of nitrogens with zero attached hydrogens (tertiary/aromatic N) is 4. The number of hydrogen-bond acceptors (Lipinski definition) is 9. The molecule has 2 aliphatic rings. The van der Waals surface area contributed by atoms with E-state index >= 15 is 0 Å². The van der Waals surface area contributed by atoms with E-state index in [1.807, 2.05) is 6.92 Å². The Morgan fingerprint density at radius 1 is 1.30 bits per heavy atom. The number of sulfone groups is 1. The van der Waals surface area contributed by atoms with Crippen LogP contribution < -0.4 is 20.7 Å². The molecule has 0 saturated carbocycles. The van der Waals surface area contributed by atoms with Crippen LogP contribution in [0.25, 0.3) is 22.0 Å². The van der Waals surface area contributed by atoms with Gasteiger partial charge in [0.2, 0.25) is 5.88 Å². The van der Waals surface area contributed by atoms with Crippen LogP contribution >= 0.6 is 0 Å². The average Bonchev–Trinajstić information content (AvgIpc) is 3.12. The summed E-state index contributed by atoms with van der Waals surface area (Å²) in [5.41, 5.74) is 9.24. The van der Waals surface area contributed by atoms with E-state index in [9.17, 15) is 18.3 Å². The van der Waals surface area contributed by atoms with Crippen molar-refractivity contribution >= 4 is 44.0 Å². The highest BCUT2D eigenvalue weighted by molar-refractivity contribution is 7.91. The summed E-state index contributed by atoms with van der Waals surface area (Å²) < 4.78 is 29.4. The number of nitrogens with one attached hydrogen (secondary N) is 1. The lowest BCUT2D eigenvalue weighted by Gasteiger charge is -2.24. The minimum atomic E-state index is -3.27. The largest absolute Gasteiger partial charge is 0.474 e. The van der Waals surface area contributed by atoms with Crippen LogP contribution in [0.1, 0.15) is 12.0 Å². The van der Waals surface area contributed by atoms with Crippen LogP contribution in [0, 0.1) is 6.92 Å². The molecule has 11 nitrogen and oxygen atoms in total. The van der Waals surface area contributed by atoms with Crippen LogP contribution in [0.4, 0.5) is 22.1 Å². The lowest BCUT2D eigenvalue weighted by molar-refractivity contribution is 0.199. The van der Waals surface area contributed by atoms with Crippen molar-refractivity contribution in [3.05, 3.63) is 30.1 Å². The fourth-order valence-corrected chi connectivity index (χ4v) is 6.03. The second-order valence-corrected chi connectivity index (χ2v) is 10.3.